The van der Waals surface area contributed by atoms with Crippen molar-refractivity contribution in [3.63, 3.8) is 0 Å². The maximum atomic E-state index is 14.0. The third-order valence-corrected chi connectivity index (χ3v) is 8.83. The first-order valence-corrected chi connectivity index (χ1v) is 15.9. The summed E-state index contributed by atoms with van der Waals surface area (Å²) in [4.78, 5) is 29.4. The number of likely N-dealkylation sites (N-methyl/N-ethyl adjacent to an activating group) is 1. The Hall–Kier alpha value is -3.50. The molecule has 3 aromatic carbocycles. The van der Waals surface area contributed by atoms with Crippen molar-refractivity contribution < 1.29 is 22.7 Å². The van der Waals surface area contributed by atoms with Gasteiger partial charge in [-0.05, 0) is 80.6 Å². The first-order chi connectivity index (χ1) is 19.2. The molecule has 2 amide bonds. The fourth-order valence-electron chi connectivity index (χ4n) is 4.27. The minimum atomic E-state index is -4.13. The van der Waals surface area contributed by atoms with Crippen LogP contribution in [0.15, 0.2) is 88.7 Å². The molecule has 10 heteroatoms. The summed E-state index contributed by atoms with van der Waals surface area (Å²) in [5.41, 5.74) is 1.15. The van der Waals surface area contributed by atoms with Crippen LogP contribution in [-0.4, -0.2) is 57.1 Å². The molecule has 1 N–H and O–H groups in total. The van der Waals surface area contributed by atoms with Crippen molar-refractivity contribution in [2.75, 3.05) is 30.3 Å². The van der Waals surface area contributed by atoms with Crippen LogP contribution in [-0.2, 0) is 26.2 Å². The second-order valence-electron chi connectivity index (χ2n) is 8.94. The van der Waals surface area contributed by atoms with E-state index in [4.69, 9.17) is 4.74 Å². The van der Waals surface area contributed by atoms with Gasteiger partial charge in [0.05, 0.1) is 17.2 Å². The molecule has 0 saturated carbocycles. The molecular weight excluding hydrogens is 546 g/mol. The Kier molecular flexibility index (Phi) is 11.5. The summed E-state index contributed by atoms with van der Waals surface area (Å²) in [6, 6.07) is 21.7. The smallest absolute Gasteiger partial charge is 0.264 e. The fraction of sp³-hybridized carbons (Fsp3) is 0.333. The minimum Gasteiger partial charge on any atom is -0.494 e. The highest BCUT2D eigenvalue weighted by Gasteiger charge is 2.33. The fourth-order valence-corrected chi connectivity index (χ4v) is 6.09. The number of hydrogen-bond donors (Lipinski definition) is 1. The average molecular weight is 584 g/mol. The molecule has 0 heterocycles. The third-order valence-electron chi connectivity index (χ3n) is 6.29. The van der Waals surface area contributed by atoms with Crippen LogP contribution in [0.5, 0.6) is 5.75 Å². The van der Waals surface area contributed by atoms with E-state index in [-0.39, 0.29) is 17.3 Å². The monoisotopic (exact) mass is 583 g/mol. The second kappa shape index (κ2) is 14.8. The van der Waals surface area contributed by atoms with Crippen molar-refractivity contribution in [2.24, 2.45) is 0 Å². The van der Waals surface area contributed by atoms with Crippen molar-refractivity contribution in [1.29, 1.82) is 0 Å². The van der Waals surface area contributed by atoms with E-state index in [1.807, 2.05) is 57.4 Å². The van der Waals surface area contributed by atoms with E-state index in [2.05, 4.69) is 5.32 Å². The highest BCUT2D eigenvalue weighted by atomic mass is 32.2. The zero-order chi connectivity index (χ0) is 29.1. The Labute approximate surface area is 241 Å². The first kappa shape index (κ1) is 31.0. The van der Waals surface area contributed by atoms with Crippen LogP contribution >= 0.6 is 11.8 Å². The lowest BCUT2D eigenvalue weighted by molar-refractivity contribution is -0.140. The van der Waals surface area contributed by atoms with E-state index in [9.17, 15) is 18.0 Å². The molecule has 0 saturated heterocycles. The molecule has 0 bridgehead atoms. The van der Waals surface area contributed by atoms with E-state index in [1.54, 1.807) is 48.5 Å². The summed E-state index contributed by atoms with van der Waals surface area (Å²) in [6.07, 6.45) is 2.28. The van der Waals surface area contributed by atoms with Crippen LogP contribution in [0.4, 0.5) is 5.69 Å². The summed E-state index contributed by atoms with van der Waals surface area (Å²) in [7, 11) is -4.13. The van der Waals surface area contributed by atoms with Gasteiger partial charge in [-0.3, -0.25) is 13.9 Å². The number of nitrogens with one attached hydrogen (secondary N) is 1. The highest BCUT2D eigenvalue weighted by Crippen LogP contribution is 2.28. The molecule has 0 aromatic heterocycles. The van der Waals surface area contributed by atoms with Gasteiger partial charge in [0, 0.05) is 18.0 Å². The van der Waals surface area contributed by atoms with Gasteiger partial charge in [-0.25, -0.2) is 8.42 Å². The van der Waals surface area contributed by atoms with Gasteiger partial charge in [0.1, 0.15) is 18.3 Å². The number of ether oxygens (including phenoxy) is 1. The summed E-state index contributed by atoms with van der Waals surface area (Å²) < 4.78 is 34.6. The summed E-state index contributed by atoms with van der Waals surface area (Å²) in [6.45, 7) is 6.08. The van der Waals surface area contributed by atoms with E-state index in [0.717, 1.165) is 14.8 Å². The topological polar surface area (TPSA) is 96.0 Å². The lowest BCUT2D eigenvalue weighted by Crippen LogP contribution is -2.52. The molecule has 1 unspecified atom stereocenters. The van der Waals surface area contributed by atoms with Gasteiger partial charge in [-0.2, -0.15) is 0 Å². The molecule has 0 aliphatic carbocycles. The molecule has 8 nitrogen and oxygen atoms in total. The summed E-state index contributed by atoms with van der Waals surface area (Å²) in [5.74, 6) is -0.176. The number of benzene rings is 3. The largest absolute Gasteiger partial charge is 0.494 e. The van der Waals surface area contributed by atoms with Crippen molar-refractivity contribution in [3.05, 3.63) is 84.4 Å². The first-order valence-electron chi connectivity index (χ1n) is 13.3. The molecule has 3 aromatic rings. The molecule has 0 spiro atoms. The molecule has 0 radical (unpaired) electrons. The number of rotatable bonds is 14. The van der Waals surface area contributed by atoms with Crippen molar-refractivity contribution in [3.8, 4) is 5.75 Å². The van der Waals surface area contributed by atoms with Crippen LogP contribution in [0.3, 0.4) is 0 Å². The van der Waals surface area contributed by atoms with E-state index < -0.39 is 28.5 Å². The van der Waals surface area contributed by atoms with Crippen molar-refractivity contribution >= 4 is 39.3 Å². The third kappa shape index (κ3) is 7.79. The van der Waals surface area contributed by atoms with Crippen LogP contribution in [0, 0.1) is 0 Å². The lowest BCUT2D eigenvalue weighted by atomic mass is 10.1. The van der Waals surface area contributed by atoms with Crippen molar-refractivity contribution in [2.45, 2.75) is 49.6 Å². The molecule has 214 valence electrons. The average Bonchev–Trinajstić information content (AvgIpc) is 2.97. The van der Waals surface area contributed by atoms with E-state index in [0.29, 0.717) is 31.0 Å². The van der Waals surface area contributed by atoms with Gasteiger partial charge >= 0.3 is 0 Å². The number of nitrogens with zero attached hydrogens (tertiary/aromatic N) is 2. The van der Waals surface area contributed by atoms with Gasteiger partial charge in [0.15, 0.2) is 0 Å². The Morgan fingerprint density at radius 3 is 2.12 bits per heavy atom. The number of thioether (sulfide) groups is 1. The zero-order valence-electron chi connectivity index (χ0n) is 23.4. The van der Waals surface area contributed by atoms with Crippen LogP contribution in [0.2, 0.25) is 0 Å². The Bertz CT molecular complexity index is 1350. The van der Waals surface area contributed by atoms with Gasteiger partial charge < -0.3 is 15.0 Å². The maximum Gasteiger partial charge on any atom is 0.264 e. The van der Waals surface area contributed by atoms with Crippen LogP contribution in [0.1, 0.15) is 32.8 Å². The number of sulfonamides is 1. The van der Waals surface area contributed by atoms with Gasteiger partial charge in [-0.15, -0.1) is 11.8 Å². The summed E-state index contributed by atoms with van der Waals surface area (Å²) >= 11 is 1.51. The Morgan fingerprint density at radius 1 is 0.925 bits per heavy atom. The molecule has 0 aliphatic heterocycles. The molecule has 1 atom stereocenters. The van der Waals surface area contributed by atoms with Gasteiger partial charge in [-0.1, -0.05) is 37.3 Å². The maximum absolute atomic E-state index is 14.0. The SMILES string of the molecule is CCNC(=O)C(CC)N(Cc1ccccc1)C(=O)CN(c1ccc(OCC)cc1)S(=O)(=O)c1ccc(SC)cc1. The minimum absolute atomic E-state index is 0.0670. The number of anilines is 1. The summed E-state index contributed by atoms with van der Waals surface area (Å²) in [5, 5.41) is 2.81. The van der Waals surface area contributed by atoms with Gasteiger partial charge in [0.2, 0.25) is 11.8 Å². The standard InChI is InChI=1S/C30H37N3O5S2/c1-5-28(30(35)31-6-2)32(21-23-11-9-8-10-12-23)29(34)22-33(24-13-15-25(16-14-24)38-7-3)40(36,37)27-19-17-26(39-4)18-20-27/h8-20,28H,5-7,21-22H2,1-4H3,(H,31,35). The Morgan fingerprint density at radius 2 is 1.57 bits per heavy atom. The van der Waals surface area contributed by atoms with Crippen LogP contribution < -0.4 is 14.4 Å². The normalized spacial score (nSPS) is 11.9. The number of hydrogen-bond acceptors (Lipinski definition) is 6. The van der Waals surface area contributed by atoms with E-state index in [1.165, 1.54) is 16.7 Å². The van der Waals surface area contributed by atoms with E-state index >= 15 is 0 Å². The second-order valence-corrected chi connectivity index (χ2v) is 11.7. The zero-order valence-corrected chi connectivity index (χ0v) is 25.0. The predicted molar refractivity (Wildman–Crippen MR) is 160 cm³/mol. The molecular formula is C30H37N3O5S2. The molecule has 40 heavy (non-hydrogen) atoms. The quantitative estimate of drug-likeness (QED) is 0.270. The lowest BCUT2D eigenvalue weighted by Gasteiger charge is -2.33. The number of carbonyl (C=O) groups excluding carboxylic acids is 2. The van der Waals surface area contributed by atoms with Gasteiger partial charge in [0.25, 0.3) is 10.0 Å². The Balaban J connectivity index is 2.05. The predicted octanol–water partition coefficient (Wildman–Crippen LogP) is 4.95. The highest BCUT2D eigenvalue weighted by molar-refractivity contribution is 7.98. The molecule has 0 fully saturated rings. The number of carbonyl (C=O) groups is 2. The molecule has 3 rings (SSSR count). The molecule has 0 aliphatic rings. The van der Waals surface area contributed by atoms with Crippen molar-refractivity contribution in [1.82, 2.24) is 10.2 Å². The number of amides is 2. The van der Waals surface area contributed by atoms with Crippen LogP contribution in [0.25, 0.3) is 0 Å².